The summed E-state index contributed by atoms with van der Waals surface area (Å²) >= 11 is 0. The molecule has 2 aromatic rings. The molecule has 0 radical (unpaired) electrons. The van der Waals surface area contributed by atoms with E-state index in [1.54, 1.807) is 31.2 Å². The zero-order valence-corrected chi connectivity index (χ0v) is 20.6. The molecule has 1 amide bonds. The van der Waals surface area contributed by atoms with Gasteiger partial charge in [-0.25, -0.2) is 17.9 Å². The van der Waals surface area contributed by atoms with E-state index < -0.39 is 16.1 Å². The lowest BCUT2D eigenvalue weighted by atomic mass is 10.2. The van der Waals surface area contributed by atoms with Crippen LogP contribution in [0.2, 0.25) is 0 Å². The van der Waals surface area contributed by atoms with Gasteiger partial charge in [0.1, 0.15) is 12.6 Å². The Morgan fingerprint density at radius 3 is 2.47 bits per heavy atom. The summed E-state index contributed by atoms with van der Waals surface area (Å²) in [6, 6.07) is 16.0. The molecule has 34 heavy (non-hydrogen) atoms. The van der Waals surface area contributed by atoms with Crippen LogP contribution in [-0.4, -0.2) is 40.2 Å². The first-order valence-corrected chi connectivity index (χ1v) is 13.1. The van der Waals surface area contributed by atoms with Crippen molar-refractivity contribution in [2.24, 2.45) is 5.92 Å². The van der Waals surface area contributed by atoms with E-state index in [1.807, 2.05) is 30.3 Å². The zero-order chi connectivity index (χ0) is 24.4. The fourth-order valence-electron chi connectivity index (χ4n) is 3.52. The maximum absolute atomic E-state index is 12.5. The highest BCUT2D eigenvalue weighted by atomic mass is 32.2. The molecule has 2 N–H and O–H groups in total. The Morgan fingerprint density at radius 2 is 1.85 bits per heavy atom. The van der Waals surface area contributed by atoms with Gasteiger partial charge < -0.3 is 15.0 Å². The monoisotopic (exact) mass is 483 g/mol. The van der Waals surface area contributed by atoms with Gasteiger partial charge in [-0.3, -0.25) is 0 Å². The van der Waals surface area contributed by atoms with Crippen molar-refractivity contribution in [1.29, 1.82) is 0 Å². The summed E-state index contributed by atoms with van der Waals surface area (Å²) in [4.78, 5) is 14.6. The average molecular weight is 484 g/mol. The van der Waals surface area contributed by atoms with Crippen molar-refractivity contribution < 1.29 is 17.9 Å². The van der Waals surface area contributed by atoms with Crippen molar-refractivity contribution in [3.8, 4) is 11.8 Å². The SMILES string of the molecule is CC#C[C@@H](CNC(=O)OCc1ccccc1)N(CCC)c1ccc(S(=O)(=O)NCC2CC2)cc1. The fraction of sp³-hybridized carbons (Fsp3) is 0.423. The summed E-state index contributed by atoms with van der Waals surface area (Å²) in [6.07, 6.45) is 2.53. The molecule has 8 heteroatoms. The summed E-state index contributed by atoms with van der Waals surface area (Å²) in [5.41, 5.74) is 1.76. The van der Waals surface area contributed by atoms with Crippen LogP contribution in [0.3, 0.4) is 0 Å². The van der Waals surface area contributed by atoms with E-state index in [0.717, 1.165) is 30.5 Å². The Kier molecular flexibility index (Phi) is 9.37. The highest BCUT2D eigenvalue weighted by Gasteiger charge is 2.24. The number of nitrogens with one attached hydrogen (secondary N) is 2. The van der Waals surface area contributed by atoms with Crippen LogP contribution in [0.5, 0.6) is 0 Å². The molecule has 0 bridgehead atoms. The highest BCUT2D eigenvalue weighted by Crippen LogP contribution is 2.28. The van der Waals surface area contributed by atoms with Crippen molar-refractivity contribution in [3.05, 3.63) is 60.2 Å². The molecular formula is C26H33N3O4S. The maximum atomic E-state index is 12.5. The van der Waals surface area contributed by atoms with Gasteiger partial charge in [0.15, 0.2) is 0 Å². The molecule has 0 spiro atoms. The minimum absolute atomic E-state index is 0.195. The number of sulfonamides is 1. The van der Waals surface area contributed by atoms with Crippen molar-refractivity contribution in [2.75, 3.05) is 24.5 Å². The van der Waals surface area contributed by atoms with E-state index in [-0.39, 0.29) is 24.1 Å². The smallest absolute Gasteiger partial charge is 0.407 e. The van der Waals surface area contributed by atoms with Crippen LogP contribution in [0, 0.1) is 17.8 Å². The lowest BCUT2D eigenvalue weighted by Gasteiger charge is -2.30. The van der Waals surface area contributed by atoms with Crippen LogP contribution in [0.25, 0.3) is 0 Å². The van der Waals surface area contributed by atoms with E-state index in [9.17, 15) is 13.2 Å². The van der Waals surface area contributed by atoms with Crippen LogP contribution in [0.15, 0.2) is 59.5 Å². The molecule has 0 aliphatic heterocycles. The van der Waals surface area contributed by atoms with E-state index >= 15 is 0 Å². The number of benzene rings is 2. The van der Waals surface area contributed by atoms with Crippen LogP contribution < -0.4 is 14.9 Å². The summed E-state index contributed by atoms with van der Waals surface area (Å²) in [7, 11) is -3.52. The van der Waals surface area contributed by atoms with Gasteiger partial charge in [-0.2, -0.15) is 0 Å². The number of rotatable bonds is 12. The Bertz CT molecular complexity index is 1090. The van der Waals surface area contributed by atoms with Crippen LogP contribution in [0.4, 0.5) is 10.5 Å². The quantitative estimate of drug-likeness (QED) is 0.447. The highest BCUT2D eigenvalue weighted by molar-refractivity contribution is 7.89. The number of alkyl carbamates (subject to hydrolysis) is 1. The Morgan fingerprint density at radius 1 is 1.15 bits per heavy atom. The van der Waals surface area contributed by atoms with Gasteiger partial charge in [0.2, 0.25) is 10.0 Å². The van der Waals surface area contributed by atoms with Crippen molar-refractivity contribution >= 4 is 21.8 Å². The first kappa shape index (κ1) is 25.6. The predicted molar refractivity (Wildman–Crippen MR) is 134 cm³/mol. The Hall–Kier alpha value is -3.02. The molecule has 2 aromatic carbocycles. The Labute approximate surface area is 202 Å². The summed E-state index contributed by atoms with van der Waals surface area (Å²) in [5, 5.41) is 2.80. The van der Waals surface area contributed by atoms with Crippen molar-refractivity contribution in [2.45, 2.75) is 50.7 Å². The lowest BCUT2D eigenvalue weighted by Crippen LogP contribution is -2.44. The number of ether oxygens (including phenoxy) is 1. The molecule has 1 aliphatic rings. The number of anilines is 1. The van der Waals surface area contributed by atoms with E-state index in [0.29, 0.717) is 19.0 Å². The largest absolute Gasteiger partial charge is 0.445 e. The van der Waals surface area contributed by atoms with Crippen molar-refractivity contribution in [3.63, 3.8) is 0 Å². The molecule has 0 saturated heterocycles. The number of carbonyl (C=O) groups excluding carboxylic acids is 1. The third-order valence-corrected chi connectivity index (χ3v) is 6.98. The van der Waals surface area contributed by atoms with Gasteiger partial charge in [0, 0.05) is 18.8 Å². The lowest BCUT2D eigenvalue weighted by molar-refractivity contribution is 0.139. The number of hydrogen-bond donors (Lipinski definition) is 2. The first-order chi connectivity index (χ1) is 16.4. The van der Waals surface area contributed by atoms with Gasteiger partial charge in [0.05, 0.1) is 11.4 Å². The fourth-order valence-corrected chi connectivity index (χ4v) is 4.63. The minimum atomic E-state index is -3.52. The van der Waals surface area contributed by atoms with Crippen molar-refractivity contribution in [1.82, 2.24) is 10.0 Å². The molecule has 1 fully saturated rings. The minimum Gasteiger partial charge on any atom is -0.445 e. The number of carbonyl (C=O) groups is 1. The first-order valence-electron chi connectivity index (χ1n) is 11.7. The topological polar surface area (TPSA) is 87.7 Å². The molecule has 182 valence electrons. The number of amides is 1. The van der Waals surface area contributed by atoms with Gasteiger partial charge in [-0.1, -0.05) is 43.2 Å². The molecule has 3 rings (SSSR count). The molecule has 1 saturated carbocycles. The van der Waals surface area contributed by atoms with E-state index in [2.05, 4.69) is 33.7 Å². The zero-order valence-electron chi connectivity index (χ0n) is 19.8. The second kappa shape index (κ2) is 12.4. The average Bonchev–Trinajstić information content (AvgIpc) is 3.68. The molecular weight excluding hydrogens is 450 g/mol. The predicted octanol–water partition coefficient (Wildman–Crippen LogP) is 3.91. The van der Waals surface area contributed by atoms with Crippen LogP contribution >= 0.6 is 0 Å². The molecule has 7 nitrogen and oxygen atoms in total. The van der Waals surface area contributed by atoms with Gasteiger partial charge in [-0.05, 0) is 61.9 Å². The van der Waals surface area contributed by atoms with E-state index in [4.69, 9.17) is 4.74 Å². The molecule has 0 heterocycles. The molecule has 1 aliphatic carbocycles. The normalized spacial score (nSPS) is 13.9. The van der Waals surface area contributed by atoms with E-state index in [1.165, 1.54) is 0 Å². The van der Waals surface area contributed by atoms with Gasteiger partial charge >= 0.3 is 6.09 Å². The maximum Gasteiger partial charge on any atom is 0.407 e. The summed E-state index contributed by atoms with van der Waals surface area (Å²) < 4.78 is 33.1. The van der Waals surface area contributed by atoms with Crippen LogP contribution in [-0.2, 0) is 21.4 Å². The standard InChI is InChI=1S/C26H33N3O4S/c1-3-8-24(19-27-26(30)33-20-22-9-6-5-7-10-22)29(17-4-2)23-13-15-25(16-14-23)34(31,32)28-18-21-11-12-21/h5-7,9-10,13-16,21,24,28H,4,11-12,17-20H2,1-2H3,(H,27,30)/t24-/m0/s1. The molecule has 0 unspecified atom stereocenters. The van der Waals surface area contributed by atoms with Crippen LogP contribution in [0.1, 0.15) is 38.7 Å². The third-order valence-electron chi connectivity index (χ3n) is 5.54. The summed E-state index contributed by atoms with van der Waals surface area (Å²) in [5.74, 6) is 6.56. The molecule has 0 aromatic heterocycles. The number of hydrogen-bond acceptors (Lipinski definition) is 5. The van der Waals surface area contributed by atoms with Gasteiger partial charge in [-0.15, -0.1) is 5.92 Å². The molecule has 1 atom stereocenters. The Balaban J connectivity index is 1.63. The second-order valence-electron chi connectivity index (χ2n) is 8.34. The third kappa shape index (κ3) is 7.79. The number of nitrogens with zero attached hydrogens (tertiary/aromatic N) is 1. The van der Waals surface area contributed by atoms with Gasteiger partial charge in [0.25, 0.3) is 0 Å². The second-order valence-corrected chi connectivity index (χ2v) is 10.1. The summed E-state index contributed by atoms with van der Waals surface area (Å²) in [6.45, 7) is 5.48.